The lowest BCUT2D eigenvalue weighted by atomic mass is 9.79. The van der Waals surface area contributed by atoms with Gasteiger partial charge >= 0.3 is 7.12 Å². The summed E-state index contributed by atoms with van der Waals surface area (Å²) >= 11 is 0. The van der Waals surface area contributed by atoms with E-state index in [0.717, 1.165) is 16.7 Å². The molecule has 3 aromatic rings. The summed E-state index contributed by atoms with van der Waals surface area (Å²) in [6.07, 6.45) is 0. The van der Waals surface area contributed by atoms with Crippen molar-refractivity contribution in [3.05, 3.63) is 66.4 Å². The van der Waals surface area contributed by atoms with Crippen molar-refractivity contribution in [3.63, 3.8) is 0 Å². The van der Waals surface area contributed by atoms with Crippen LogP contribution in [-0.2, 0) is 9.31 Å². The van der Waals surface area contributed by atoms with Gasteiger partial charge in [-0.3, -0.25) is 0 Å². The maximum absolute atomic E-state index is 9.63. The molecule has 2 aromatic carbocycles. The highest BCUT2D eigenvalue weighted by Gasteiger charge is 2.51. The minimum absolute atomic E-state index is 0.385. The fraction of sp³-hybridized carbons (Fsp3) is 0.304. The quantitative estimate of drug-likeness (QED) is 0.642. The largest absolute Gasteiger partial charge is 0.494 e. The maximum Gasteiger partial charge on any atom is 0.494 e. The molecule has 1 unspecified atom stereocenters. The summed E-state index contributed by atoms with van der Waals surface area (Å²) in [6, 6.07) is 20.8. The van der Waals surface area contributed by atoms with E-state index >= 15 is 0 Å². The highest BCUT2D eigenvalue weighted by molar-refractivity contribution is 6.62. The summed E-state index contributed by atoms with van der Waals surface area (Å²) in [5, 5.41) is 16.9. The minimum Gasteiger partial charge on any atom is -0.399 e. The second-order valence-corrected chi connectivity index (χ2v) is 8.40. The van der Waals surface area contributed by atoms with Gasteiger partial charge in [-0.25, -0.2) is 0 Å². The van der Waals surface area contributed by atoms with E-state index in [1.165, 1.54) is 0 Å². The van der Waals surface area contributed by atoms with Crippen molar-refractivity contribution in [3.8, 4) is 17.4 Å². The van der Waals surface area contributed by atoms with Gasteiger partial charge in [0.05, 0.1) is 17.3 Å². The topological polar surface area (TPSA) is 80.3 Å². The first-order valence-corrected chi connectivity index (χ1v) is 9.93. The Morgan fingerprint density at radius 1 is 0.967 bits per heavy atom. The van der Waals surface area contributed by atoms with E-state index in [-0.39, 0.29) is 11.2 Å². The van der Waals surface area contributed by atoms with Crippen LogP contribution < -0.4 is 10.8 Å². The van der Waals surface area contributed by atoms with Crippen molar-refractivity contribution in [1.29, 1.82) is 5.26 Å². The first-order valence-electron chi connectivity index (χ1n) is 9.93. The molecule has 1 atom stereocenters. The number of nitrogens with zero attached hydrogens (tertiary/aromatic N) is 2. The average Bonchev–Trinajstić information content (AvgIpc) is 3.30. The Balaban J connectivity index is 1.47. The molecule has 1 fully saturated rings. The second-order valence-electron chi connectivity index (χ2n) is 8.40. The van der Waals surface area contributed by atoms with Crippen LogP contribution in [0.1, 0.15) is 39.4 Å². The zero-order valence-corrected chi connectivity index (χ0v) is 17.5. The number of rotatable bonds is 5. The Morgan fingerprint density at radius 3 is 2.20 bits per heavy atom. The van der Waals surface area contributed by atoms with Gasteiger partial charge in [0.1, 0.15) is 5.69 Å². The normalized spacial score (nSPS) is 18.0. The van der Waals surface area contributed by atoms with Gasteiger partial charge in [0, 0.05) is 17.3 Å². The smallest absolute Gasteiger partial charge is 0.399 e. The third kappa shape index (κ3) is 3.84. The van der Waals surface area contributed by atoms with Gasteiger partial charge in [0.2, 0.25) is 0 Å². The number of hydrogen-bond acceptors (Lipinski definition) is 6. The fourth-order valence-corrected chi connectivity index (χ4v) is 3.22. The van der Waals surface area contributed by atoms with Crippen LogP contribution >= 0.6 is 0 Å². The van der Waals surface area contributed by atoms with Gasteiger partial charge in [0.15, 0.2) is 11.8 Å². The summed E-state index contributed by atoms with van der Waals surface area (Å²) in [7, 11) is -0.417. The summed E-state index contributed by atoms with van der Waals surface area (Å²) in [5.41, 5.74) is 2.41. The molecule has 30 heavy (non-hydrogen) atoms. The number of nitrogens with one attached hydrogen (secondary N) is 1. The van der Waals surface area contributed by atoms with Gasteiger partial charge in [-0.05, 0) is 45.3 Å². The Morgan fingerprint density at radius 2 is 1.60 bits per heavy atom. The van der Waals surface area contributed by atoms with E-state index in [1.807, 2.05) is 82.3 Å². The molecule has 1 N–H and O–H groups in total. The minimum atomic E-state index is -0.631. The summed E-state index contributed by atoms with van der Waals surface area (Å²) < 4.78 is 17.6. The van der Waals surface area contributed by atoms with Crippen LogP contribution in [0.3, 0.4) is 0 Å². The molecule has 1 aromatic heterocycles. The predicted octanol–water partition coefficient (Wildman–Crippen LogP) is 4.32. The standard InChI is InChI=1S/C23H24BN3O3/c1-22(2)23(3,4)30-24(29-22)17-10-12-18(13-11-17)26-20(15-25)19-14-21(28-27-19)16-8-6-5-7-9-16/h5-14,20,26H,1-4H3. The van der Waals surface area contributed by atoms with Crippen LogP contribution in [-0.4, -0.2) is 23.5 Å². The molecule has 6 nitrogen and oxygen atoms in total. The van der Waals surface area contributed by atoms with E-state index in [0.29, 0.717) is 11.5 Å². The molecule has 0 spiro atoms. The summed E-state index contributed by atoms with van der Waals surface area (Å²) in [6.45, 7) is 8.12. The number of aromatic nitrogens is 1. The van der Waals surface area contributed by atoms with Crippen LogP contribution in [0.15, 0.2) is 65.2 Å². The third-order valence-corrected chi connectivity index (χ3v) is 5.76. The second kappa shape index (κ2) is 7.64. The highest BCUT2D eigenvalue weighted by Crippen LogP contribution is 2.36. The lowest BCUT2D eigenvalue weighted by Crippen LogP contribution is -2.41. The number of benzene rings is 2. The van der Waals surface area contributed by atoms with Gasteiger partial charge in [-0.2, -0.15) is 5.26 Å². The van der Waals surface area contributed by atoms with Gasteiger partial charge in [-0.15, -0.1) is 0 Å². The van der Waals surface area contributed by atoms with Crippen molar-refractivity contribution in [2.45, 2.75) is 44.9 Å². The van der Waals surface area contributed by atoms with Crippen molar-refractivity contribution in [2.24, 2.45) is 0 Å². The fourth-order valence-electron chi connectivity index (χ4n) is 3.22. The zero-order chi connectivity index (χ0) is 21.4. The molecular formula is C23H24BN3O3. The molecule has 2 heterocycles. The lowest BCUT2D eigenvalue weighted by molar-refractivity contribution is 0.00578. The highest BCUT2D eigenvalue weighted by atomic mass is 16.7. The van der Waals surface area contributed by atoms with Gasteiger partial charge in [-0.1, -0.05) is 47.6 Å². The molecule has 1 aliphatic heterocycles. The van der Waals surface area contributed by atoms with E-state index < -0.39 is 13.2 Å². The Labute approximate surface area is 176 Å². The molecule has 0 bridgehead atoms. The average molecular weight is 401 g/mol. The molecular weight excluding hydrogens is 377 g/mol. The number of nitriles is 1. The van der Waals surface area contributed by atoms with Crippen LogP contribution in [0.4, 0.5) is 5.69 Å². The molecule has 1 aliphatic rings. The van der Waals surface area contributed by atoms with Crippen molar-refractivity contribution < 1.29 is 13.8 Å². The molecule has 7 heteroatoms. The predicted molar refractivity (Wildman–Crippen MR) is 116 cm³/mol. The first kappa shape index (κ1) is 20.2. The molecule has 1 saturated heterocycles. The van der Waals surface area contributed by atoms with Crippen LogP contribution in [0.5, 0.6) is 0 Å². The SMILES string of the molecule is CC1(C)OB(c2ccc(NC(C#N)c3cc(-c4ccccc4)on3)cc2)OC1(C)C. The van der Waals surface area contributed by atoms with E-state index in [2.05, 4.69) is 16.5 Å². The van der Waals surface area contributed by atoms with Crippen LogP contribution in [0, 0.1) is 11.3 Å². The number of anilines is 1. The molecule has 152 valence electrons. The molecule has 4 rings (SSSR count). The Bertz CT molecular complexity index is 1040. The molecule has 0 saturated carbocycles. The monoisotopic (exact) mass is 401 g/mol. The van der Waals surface area contributed by atoms with Gasteiger partial charge in [0.25, 0.3) is 0 Å². The lowest BCUT2D eigenvalue weighted by Gasteiger charge is -2.32. The van der Waals surface area contributed by atoms with E-state index in [9.17, 15) is 5.26 Å². The van der Waals surface area contributed by atoms with Crippen molar-refractivity contribution in [2.75, 3.05) is 5.32 Å². The summed E-state index contributed by atoms with van der Waals surface area (Å²) in [5.74, 6) is 0.628. The van der Waals surface area contributed by atoms with Crippen molar-refractivity contribution >= 4 is 18.3 Å². The number of hydrogen-bond donors (Lipinski definition) is 1. The Kier molecular flexibility index (Phi) is 5.14. The first-order chi connectivity index (χ1) is 14.3. The molecule has 0 amide bonds. The van der Waals surface area contributed by atoms with Gasteiger partial charge < -0.3 is 19.1 Å². The third-order valence-electron chi connectivity index (χ3n) is 5.76. The Hall–Kier alpha value is -3.08. The summed E-state index contributed by atoms with van der Waals surface area (Å²) in [4.78, 5) is 0. The zero-order valence-electron chi connectivity index (χ0n) is 17.5. The van der Waals surface area contributed by atoms with E-state index in [1.54, 1.807) is 6.07 Å². The van der Waals surface area contributed by atoms with Crippen molar-refractivity contribution in [1.82, 2.24) is 5.16 Å². The molecule has 0 aliphatic carbocycles. The van der Waals surface area contributed by atoms with Crippen LogP contribution in [0.25, 0.3) is 11.3 Å². The van der Waals surface area contributed by atoms with Crippen LogP contribution in [0.2, 0.25) is 0 Å². The van der Waals surface area contributed by atoms with E-state index in [4.69, 9.17) is 13.8 Å². The maximum atomic E-state index is 9.63. The molecule has 0 radical (unpaired) electrons.